The summed E-state index contributed by atoms with van der Waals surface area (Å²) in [5.41, 5.74) is 2.34. The third kappa shape index (κ3) is 3.16. The minimum atomic E-state index is -0.115. The van der Waals surface area contributed by atoms with E-state index in [-0.39, 0.29) is 12.1 Å². The Morgan fingerprint density at radius 3 is 2.75 bits per heavy atom. The smallest absolute Gasteiger partial charge is 0.305 e. The van der Waals surface area contributed by atoms with Gasteiger partial charge in [0.05, 0.1) is 13.2 Å². The number of aliphatic hydroxyl groups excluding tert-OH is 1. The van der Waals surface area contributed by atoms with Gasteiger partial charge >= 0.3 is 5.97 Å². The summed E-state index contributed by atoms with van der Waals surface area (Å²) in [6.45, 7) is 7.46. The van der Waals surface area contributed by atoms with Crippen molar-refractivity contribution in [2.24, 2.45) is 40.4 Å². The largest absolute Gasteiger partial charge is 0.469 e. The number of carbonyl (C=O) groups excluding carboxylic acids is 1. The molecule has 0 amide bonds. The zero-order chi connectivity index (χ0) is 20.1. The van der Waals surface area contributed by atoms with E-state index < -0.39 is 0 Å². The van der Waals surface area contributed by atoms with Crippen LogP contribution in [-0.4, -0.2) is 24.3 Å². The van der Waals surface area contributed by atoms with Crippen LogP contribution in [0.1, 0.15) is 85.0 Å². The fraction of sp³-hybridized carbons (Fsp3) is 0.880. The van der Waals surface area contributed by atoms with E-state index in [4.69, 9.17) is 4.74 Å². The number of carbonyl (C=O) groups is 1. The topological polar surface area (TPSA) is 46.5 Å². The fourth-order valence-electron chi connectivity index (χ4n) is 8.27. The molecule has 0 spiro atoms. The van der Waals surface area contributed by atoms with Crippen LogP contribution < -0.4 is 0 Å². The van der Waals surface area contributed by atoms with Crippen molar-refractivity contribution in [1.29, 1.82) is 0 Å². The average molecular weight is 389 g/mol. The summed E-state index contributed by atoms with van der Waals surface area (Å²) in [6, 6.07) is 0. The van der Waals surface area contributed by atoms with Crippen molar-refractivity contribution in [3.05, 3.63) is 11.6 Å². The molecule has 0 radical (unpaired) electrons. The van der Waals surface area contributed by atoms with E-state index in [1.807, 2.05) is 0 Å². The monoisotopic (exact) mass is 388 g/mol. The lowest BCUT2D eigenvalue weighted by molar-refractivity contribution is -0.141. The normalized spacial score (nSPS) is 46.0. The first-order chi connectivity index (χ1) is 13.3. The Bertz CT molecular complexity index is 640. The quantitative estimate of drug-likeness (QED) is 0.510. The van der Waals surface area contributed by atoms with Crippen molar-refractivity contribution < 1.29 is 14.6 Å². The predicted octanol–water partition coefficient (Wildman–Crippen LogP) is 5.52. The van der Waals surface area contributed by atoms with Crippen molar-refractivity contribution in [2.75, 3.05) is 7.11 Å². The average Bonchev–Trinajstić information content (AvgIpc) is 3.03. The van der Waals surface area contributed by atoms with Gasteiger partial charge in [0.25, 0.3) is 0 Å². The zero-order valence-corrected chi connectivity index (χ0v) is 18.4. The molecule has 0 aliphatic heterocycles. The highest BCUT2D eigenvalue weighted by atomic mass is 16.5. The standard InChI is InChI=1S/C25H40O3/c1-16(5-10-23(27)28-4)20-8-9-21-19-7-6-17-15-18(26)11-13-24(17,2)22(19)12-14-25(20,21)3/h6,16,18-22,26H,5,7-15H2,1-4H3/t16-,18+,19+,20-,21+,22+,24+,25?/m1/s1. The Balaban J connectivity index is 1.51. The second-order valence-electron chi connectivity index (χ2n) is 11.0. The molecule has 0 bridgehead atoms. The molecule has 3 nitrogen and oxygen atoms in total. The molecule has 4 aliphatic rings. The first-order valence-electron chi connectivity index (χ1n) is 11.7. The van der Waals surface area contributed by atoms with Crippen LogP contribution in [0.3, 0.4) is 0 Å². The number of methoxy groups -OCH3 is 1. The van der Waals surface area contributed by atoms with Crippen LogP contribution >= 0.6 is 0 Å². The zero-order valence-electron chi connectivity index (χ0n) is 18.4. The number of esters is 1. The number of aliphatic hydroxyl groups is 1. The van der Waals surface area contributed by atoms with Gasteiger partial charge in [-0.2, -0.15) is 0 Å². The van der Waals surface area contributed by atoms with Gasteiger partial charge in [-0.15, -0.1) is 0 Å². The maximum Gasteiger partial charge on any atom is 0.305 e. The lowest BCUT2D eigenvalue weighted by Crippen LogP contribution is -2.50. The minimum Gasteiger partial charge on any atom is -0.469 e. The highest BCUT2D eigenvalue weighted by Gasteiger charge is 2.59. The number of hydrogen-bond acceptors (Lipinski definition) is 3. The van der Waals surface area contributed by atoms with E-state index in [1.165, 1.54) is 45.6 Å². The van der Waals surface area contributed by atoms with Crippen molar-refractivity contribution in [2.45, 2.75) is 91.1 Å². The third-order valence-corrected chi connectivity index (χ3v) is 9.87. The van der Waals surface area contributed by atoms with Gasteiger partial charge < -0.3 is 9.84 Å². The van der Waals surface area contributed by atoms with Crippen molar-refractivity contribution in [3.63, 3.8) is 0 Å². The molecule has 3 fully saturated rings. The number of rotatable bonds is 4. The fourth-order valence-corrected chi connectivity index (χ4v) is 8.27. The molecule has 3 heteroatoms. The van der Waals surface area contributed by atoms with Gasteiger partial charge in [-0.3, -0.25) is 4.79 Å². The number of fused-ring (bicyclic) bond motifs is 5. The Morgan fingerprint density at radius 2 is 2.00 bits per heavy atom. The molecule has 28 heavy (non-hydrogen) atoms. The summed E-state index contributed by atoms with van der Waals surface area (Å²) in [4.78, 5) is 11.6. The summed E-state index contributed by atoms with van der Waals surface area (Å²) in [5, 5.41) is 10.2. The second kappa shape index (κ2) is 7.45. The maximum absolute atomic E-state index is 11.6. The van der Waals surface area contributed by atoms with Crippen LogP contribution in [0.15, 0.2) is 11.6 Å². The van der Waals surface area contributed by atoms with Crippen molar-refractivity contribution in [1.82, 2.24) is 0 Å². The molecule has 0 aromatic carbocycles. The molecule has 4 rings (SSSR count). The summed E-state index contributed by atoms with van der Waals surface area (Å²) in [7, 11) is 1.50. The lowest BCUT2D eigenvalue weighted by Gasteiger charge is -2.58. The molecule has 4 aliphatic carbocycles. The van der Waals surface area contributed by atoms with Gasteiger partial charge in [0.1, 0.15) is 0 Å². The molecule has 0 heterocycles. The Labute approximate surface area is 171 Å². The van der Waals surface area contributed by atoms with Crippen molar-refractivity contribution in [3.8, 4) is 0 Å². The van der Waals surface area contributed by atoms with E-state index in [1.54, 1.807) is 5.57 Å². The molecule has 0 aromatic heterocycles. The van der Waals surface area contributed by atoms with E-state index in [0.29, 0.717) is 23.2 Å². The maximum atomic E-state index is 11.6. The van der Waals surface area contributed by atoms with Crippen LogP contribution in [0.2, 0.25) is 0 Å². The Kier molecular flexibility index (Phi) is 5.44. The van der Waals surface area contributed by atoms with Crippen LogP contribution in [0, 0.1) is 40.4 Å². The van der Waals surface area contributed by atoms with Gasteiger partial charge in [-0.05, 0) is 98.2 Å². The second-order valence-corrected chi connectivity index (χ2v) is 11.0. The molecule has 3 saturated carbocycles. The summed E-state index contributed by atoms with van der Waals surface area (Å²) < 4.78 is 4.87. The van der Waals surface area contributed by atoms with E-state index in [0.717, 1.165) is 42.9 Å². The number of ether oxygens (including phenoxy) is 1. The minimum absolute atomic E-state index is 0.0624. The SMILES string of the molecule is COC(=O)CC[C@@H](C)[C@H]1CC[C@H]2[C@@H]3CC=C4C[C@@H](O)CC[C@]4(C)[C@H]3CCC12C. The molecular weight excluding hydrogens is 348 g/mol. The van der Waals surface area contributed by atoms with Gasteiger partial charge in [0.2, 0.25) is 0 Å². The molecule has 1 N–H and O–H groups in total. The van der Waals surface area contributed by atoms with Gasteiger partial charge in [-0.1, -0.05) is 32.4 Å². The third-order valence-electron chi connectivity index (χ3n) is 9.87. The highest BCUT2D eigenvalue weighted by molar-refractivity contribution is 5.69. The van der Waals surface area contributed by atoms with E-state index >= 15 is 0 Å². The molecule has 0 aromatic rings. The lowest BCUT2D eigenvalue weighted by atomic mass is 9.47. The Hall–Kier alpha value is -0.830. The van der Waals surface area contributed by atoms with Crippen LogP contribution in [-0.2, 0) is 9.53 Å². The Morgan fingerprint density at radius 1 is 1.21 bits per heavy atom. The first kappa shape index (κ1) is 20.4. The van der Waals surface area contributed by atoms with Gasteiger partial charge in [-0.25, -0.2) is 0 Å². The number of hydrogen-bond donors (Lipinski definition) is 1. The first-order valence-corrected chi connectivity index (χ1v) is 11.7. The molecular formula is C25H40O3. The van der Waals surface area contributed by atoms with Gasteiger partial charge in [0, 0.05) is 6.42 Å². The van der Waals surface area contributed by atoms with Gasteiger partial charge in [0.15, 0.2) is 0 Å². The molecule has 158 valence electrons. The molecule has 0 saturated heterocycles. The van der Waals surface area contributed by atoms with Crippen LogP contribution in [0.5, 0.6) is 0 Å². The van der Waals surface area contributed by atoms with Crippen LogP contribution in [0.25, 0.3) is 0 Å². The van der Waals surface area contributed by atoms with E-state index in [9.17, 15) is 9.90 Å². The molecule has 1 unspecified atom stereocenters. The number of allylic oxidation sites excluding steroid dienone is 1. The summed E-state index contributed by atoms with van der Waals surface area (Å²) >= 11 is 0. The summed E-state index contributed by atoms with van der Waals surface area (Å²) in [6.07, 6.45) is 13.6. The predicted molar refractivity (Wildman–Crippen MR) is 112 cm³/mol. The van der Waals surface area contributed by atoms with E-state index in [2.05, 4.69) is 26.8 Å². The molecule has 8 atom stereocenters. The van der Waals surface area contributed by atoms with Crippen molar-refractivity contribution >= 4 is 5.97 Å². The summed E-state index contributed by atoms with van der Waals surface area (Å²) in [5.74, 6) is 3.74. The van der Waals surface area contributed by atoms with Crippen LogP contribution in [0.4, 0.5) is 0 Å². The highest BCUT2D eigenvalue weighted by Crippen LogP contribution is 2.67.